The lowest BCUT2D eigenvalue weighted by Crippen LogP contribution is -2.31. The standard InChI is InChI=1S/C20H22N2O3/c1-15(23)22-11-10-16-14-17(8-9-19(16)22)20(24)21(2)12-13-25-18-6-4-3-5-7-18/h3-9,14H,10-13H2,1-2H3. The number of rotatable bonds is 5. The monoisotopic (exact) mass is 338 g/mol. The number of nitrogens with zero attached hydrogens (tertiary/aromatic N) is 2. The van der Waals surface area contributed by atoms with Crippen LogP contribution in [-0.2, 0) is 11.2 Å². The lowest BCUT2D eigenvalue weighted by atomic mass is 10.1. The van der Waals surface area contributed by atoms with Gasteiger partial charge < -0.3 is 14.5 Å². The molecule has 25 heavy (non-hydrogen) atoms. The summed E-state index contributed by atoms with van der Waals surface area (Å²) in [5.74, 6) is 0.791. The van der Waals surface area contributed by atoms with Crippen molar-refractivity contribution in [3.05, 3.63) is 59.7 Å². The normalized spacial score (nSPS) is 12.6. The van der Waals surface area contributed by atoms with E-state index in [9.17, 15) is 9.59 Å². The highest BCUT2D eigenvalue weighted by molar-refractivity contribution is 5.97. The van der Waals surface area contributed by atoms with Crippen molar-refractivity contribution in [1.29, 1.82) is 0 Å². The van der Waals surface area contributed by atoms with Crippen molar-refractivity contribution in [2.24, 2.45) is 0 Å². The van der Waals surface area contributed by atoms with Gasteiger partial charge in [-0.25, -0.2) is 0 Å². The molecule has 1 aliphatic heterocycles. The summed E-state index contributed by atoms with van der Waals surface area (Å²) in [5, 5.41) is 0. The molecule has 130 valence electrons. The molecule has 0 saturated heterocycles. The second kappa shape index (κ2) is 7.38. The van der Waals surface area contributed by atoms with E-state index in [-0.39, 0.29) is 11.8 Å². The Morgan fingerprint density at radius 3 is 2.64 bits per heavy atom. The molecule has 0 radical (unpaired) electrons. The quantitative estimate of drug-likeness (QED) is 0.842. The third-order valence-corrected chi connectivity index (χ3v) is 4.39. The minimum atomic E-state index is -0.0410. The summed E-state index contributed by atoms with van der Waals surface area (Å²) < 4.78 is 5.64. The second-order valence-corrected chi connectivity index (χ2v) is 6.15. The van der Waals surface area contributed by atoms with Crippen LogP contribution >= 0.6 is 0 Å². The van der Waals surface area contributed by atoms with E-state index in [1.54, 1.807) is 29.8 Å². The van der Waals surface area contributed by atoms with Crippen molar-refractivity contribution in [3.63, 3.8) is 0 Å². The molecular weight excluding hydrogens is 316 g/mol. The number of fused-ring (bicyclic) bond motifs is 1. The van der Waals surface area contributed by atoms with Crippen molar-refractivity contribution in [2.45, 2.75) is 13.3 Å². The van der Waals surface area contributed by atoms with Gasteiger partial charge in [0.15, 0.2) is 0 Å². The summed E-state index contributed by atoms with van der Waals surface area (Å²) in [7, 11) is 1.77. The van der Waals surface area contributed by atoms with Crippen LogP contribution in [0.15, 0.2) is 48.5 Å². The van der Waals surface area contributed by atoms with Crippen molar-refractivity contribution < 1.29 is 14.3 Å². The van der Waals surface area contributed by atoms with Crippen molar-refractivity contribution >= 4 is 17.5 Å². The first-order chi connectivity index (χ1) is 12.1. The molecule has 0 N–H and O–H groups in total. The first kappa shape index (κ1) is 17.0. The Morgan fingerprint density at radius 2 is 1.92 bits per heavy atom. The SMILES string of the molecule is CC(=O)N1CCc2cc(C(=O)N(C)CCOc3ccccc3)ccc21. The number of ether oxygens (including phenoxy) is 1. The summed E-state index contributed by atoms with van der Waals surface area (Å²) in [5.41, 5.74) is 2.61. The number of carbonyl (C=O) groups excluding carboxylic acids is 2. The fourth-order valence-electron chi connectivity index (χ4n) is 3.00. The molecule has 0 aliphatic carbocycles. The molecule has 2 aromatic carbocycles. The van der Waals surface area contributed by atoms with Crippen LogP contribution in [0.2, 0.25) is 0 Å². The fraction of sp³-hybridized carbons (Fsp3) is 0.300. The molecule has 5 nitrogen and oxygen atoms in total. The van der Waals surface area contributed by atoms with Crippen molar-refractivity contribution in [2.75, 3.05) is 31.6 Å². The molecule has 0 unspecified atom stereocenters. The Hall–Kier alpha value is -2.82. The number of para-hydroxylation sites is 1. The number of anilines is 1. The molecule has 1 heterocycles. The Bertz CT molecular complexity index is 774. The van der Waals surface area contributed by atoms with Crippen LogP contribution in [0, 0.1) is 0 Å². The minimum absolute atomic E-state index is 0.0352. The highest BCUT2D eigenvalue weighted by Crippen LogP contribution is 2.29. The number of likely N-dealkylation sites (N-methyl/N-ethyl adjacent to an activating group) is 1. The van der Waals surface area contributed by atoms with Crippen LogP contribution in [0.1, 0.15) is 22.8 Å². The van der Waals surface area contributed by atoms with Gasteiger partial charge in [0.2, 0.25) is 5.91 Å². The van der Waals surface area contributed by atoms with E-state index in [4.69, 9.17) is 4.74 Å². The van der Waals surface area contributed by atoms with Gasteiger partial charge >= 0.3 is 0 Å². The number of hydrogen-bond donors (Lipinski definition) is 0. The Morgan fingerprint density at radius 1 is 1.16 bits per heavy atom. The number of benzene rings is 2. The summed E-state index contributed by atoms with van der Waals surface area (Å²) in [6.07, 6.45) is 0.789. The third-order valence-electron chi connectivity index (χ3n) is 4.39. The topological polar surface area (TPSA) is 49.9 Å². The first-order valence-electron chi connectivity index (χ1n) is 8.40. The number of hydrogen-bond acceptors (Lipinski definition) is 3. The summed E-state index contributed by atoms with van der Waals surface area (Å²) in [4.78, 5) is 27.6. The van der Waals surface area contributed by atoms with E-state index in [2.05, 4.69) is 0 Å². The molecule has 0 atom stereocenters. The van der Waals surface area contributed by atoms with Gasteiger partial charge in [-0.3, -0.25) is 9.59 Å². The predicted molar refractivity (Wildman–Crippen MR) is 97.1 cm³/mol. The lowest BCUT2D eigenvalue weighted by Gasteiger charge is -2.19. The van der Waals surface area contributed by atoms with Crippen LogP contribution in [0.25, 0.3) is 0 Å². The lowest BCUT2D eigenvalue weighted by molar-refractivity contribution is -0.116. The zero-order valence-electron chi connectivity index (χ0n) is 14.6. The first-order valence-corrected chi connectivity index (χ1v) is 8.40. The molecule has 0 saturated carbocycles. The van der Waals surface area contributed by atoms with Crippen LogP contribution in [0.4, 0.5) is 5.69 Å². The van der Waals surface area contributed by atoms with Gasteiger partial charge in [-0.1, -0.05) is 18.2 Å². The average Bonchev–Trinajstić information content (AvgIpc) is 3.05. The van der Waals surface area contributed by atoms with Gasteiger partial charge in [-0.05, 0) is 42.3 Å². The van der Waals surface area contributed by atoms with E-state index in [0.717, 1.165) is 23.4 Å². The van der Waals surface area contributed by atoms with Gasteiger partial charge in [0.25, 0.3) is 5.91 Å². The smallest absolute Gasteiger partial charge is 0.253 e. The van der Waals surface area contributed by atoms with E-state index in [1.807, 2.05) is 42.5 Å². The maximum absolute atomic E-state index is 12.6. The van der Waals surface area contributed by atoms with Crippen LogP contribution in [0.3, 0.4) is 0 Å². The van der Waals surface area contributed by atoms with Crippen molar-refractivity contribution in [3.8, 4) is 5.75 Å². The molecule has 2 amide bonds. The molecule has 1 aliphatic rings. The Balaban J connectivity index is 1.60. The van der Waals surface area contributed by atoms with Gasteiger partial charge in [-0.15, -0.1) is 0 Å². The van der Waals surface area contributed by atoms with E-state index >= 15 is 0 Å². The van der Waals surface area contributed by atoms with Gasteiger partial charge in [0, 0.05) is 31.8 Å². The molecule has 0 spiro atoms. The van der Waals surface area contributed by atoms with Gasteiger partial charge in [0.1, 0.15) is 12.4 Å². The van der Waals surface area contributed by atoms with Crippen LogP contribution in [-0.4, -0.2) is 43.5 Å². The Kier molecular flexibility index (Phi) is 5.03. The molecule has 0 fully saturated rings. The molecular formula is C20H22N2O3. The largest absolute Gasteiger partial charge is 0.492 e. The summed E-state index contributed by atoms with van der Waals surface area (Å²) >= 11 is 0. The number of amides is 2. The van der Waals surface area contributed by atoms with Crippen LogP contribution < -0.4 is 9.64 Å². The van der Waals surface area contributed by atoms with E-state index in [1.165, 1.54) is 0 Å². The summed E-state index contributed by atoms with van der Waals surface area (Å²) in [6.45, 7) is 3.19. The van der Waals surface area contributed by atoms with Crippen LogP contribution in [0.5, 0.6) is 5.75 Å². The second-order valence-electron chi connectivity index (χ2n) is 6.15. The summed E-state index contributed by atoms with van der Waals surface area (Å²) in [6, 6.07) is 15.1. The van der Waals surface area contributed by atoms with Crippen molar-refractivity contribution in [1.82, 2.24) is 4.90 Å². The Labute approximate surface area is 147 Å². The highest BCUT2D eigenvalue weighted by Gasteiger charge is 2.23. The molecule has 2 aromatic rings. The predicted octanol–water partition coefficient (Wildman–Crippen LogP) is 2.75. The average molecular weight is 338 g/mol. The zero-order chi connectivity index (χ0) is 17.8. The maximum Gasteiger partial charge on any atom is 0.253 e. The molecule has 3 rings (SSSR count). The number of carbonyl (C=O) groups is 2. The molecule has 5 heteroatoms. The highest BCUT2D eigenvalue weighted by atomic mass is 16.5. The maximum atomic E-state index is 12.6. The minimum Gasteiger partial charge on any atom is -0.492 e. The zero-order valence-corrected chi connectivity index (χ0v) is 14.6. The molecule has 0 aromatic heterocycles. The van der Waals surface area contributed by atoms with E-state index < -0.39 is 0 Å². The fourth-order valence-corrected chi connectivity index (χ4v) is 3.00. The molecule has 0 bridgehead atoms. The van der Waals surface area contributed by atoms with Gasteiger partial charge in [-0.2, -0.15) is 0 Å². The van der Waals surface area contributed by atoms with E-state index in [0.29, 0.717) is 25.3 Å². The third kappa shape index (κ3) is 3.82. The van der Waals surface area contributed by atoms with Gasteiger partial charge in [0.05, 0.1) is 6.54 Å².